The minimum absolute atomic E-state index is 0.0613. The summed E-state index contributed by atoms with van der Waals surface area (Å²) in [6, 6.07) is 8.23. The summed E-state index contributed by atoms with van der Waals surface area (Å²) < 4.78 is 4.68. The van der Waals surface area contributed by atoms with Crippen molar-refractivity contribution in [2.45, 2.75) is 43.2 Å². The lowest BCUT2D eigenvalue weighted by Gasteiger charge is -2.30. The fraction of sp³-hybridized carbons (Fsp3) is 0.450. The number of nitrogens with one attached hydrogen (secondary N) is 1. The lowest BCUT2D eigenvalue weighted by Crippen LogP contribution is -2.28. The minimum atomic E-state index is -0.334. The molecule has 1 atom stereocenters. The van der Waals surface area contributed by atoms with Crippen molar-refractivity contribution in [3.8, 4) is 11.3 Å². The van der Waals surface area contributed by atoms with Gasteiger partial charge >= 0.3 is 5.97 Å². The normalized spacial score (nSPS) is 19.0. The Morgan fingerprint density at radius 3 is 2.85 bits per heavy atom. The number of benzene rings is 1. The molecule has 1 aromatic carbocycles. The number of ether oxygens (including phenoxy) is 1. The van der Waals surface area contributed by atoms with Crippen molar-refractivity contribution in [3.05, 3.63) is 45.7 Å². The summed E-state index contributed by atoms with van der Waals surface area (Å²) in [4.78, 5) is 32.0. The summed E-state index contributed by atoms with van der Waals surface area (Å²) in [5.41, 5.74) is 3.87. The summed E-state index contributed by atoms with van der Waals surface area (Å²) in [6.45, 7) is 0. The standard InChI is InChI=1S/C20H22N2O3S/c1-25-16(23)11-26-20-21-18-14-9-5-4-8-13(14)10-15(12-6-2-3-7-12)17(18)19(24)22-20/h4-5,8-9,12,15H,2-3,6-7,10-11H2,1H3,(H,21,22,24). The van der Waals surface area contributed by atoms with Crippen molar-refractivity contribution < 1.29 is 9.53 Å². The second-order valence-corrected chi connectivity index (χ2v) is 7.97. The first-order valence-corrected chi connectivity index (χ1v) is 10.1. The van der Waals surface area contributed by atoms with Crippen LogP contribution in [0.15, 0.2) is 34.2 Å². The van der Waals surface area contributed by atoms with E-state index in [1.54, 1.807) is 0 Å². The first-order chi connectivity index (χ1) is 12.7. The van der Waals surface area contributed by atoms with E-state index in [9.17, 15) is 9.59 Å². The molecule has 5 nitrogen and oxygen atoms in total. The van der Waals surface area contributed by atoms with Crippen LogP contribution in [0.25, 0.3) is 11.3 Å². The van der Waals surface area contributed by atoms with Crippen molar-refractivity contribution in [2.24, 2.45) is 5.92 Å². The van der Waals surface area contributed by atoms with Crippen LogP contribution < -0.4 is 5.56 Å². The fourth-order valence-corrected chi connectivity index (χ4v) is 4.99. The summed E-state index contributed by atoms with van der Waals surface area (Å²) >= 11 is 1.21. The van der Waals surface area contributed by atoms with Crippen LogP contribution in [0.5, 0.6) is 0 Å². The van der Waals surface area contributed by atoms with Crippen LogP contribution in [0.3, 0.4) is 0 Å². The number of nitrogens with zero attached hydrogens (tertiary/aromatic N) is 1. The molecule has 1 unspecified atom stereocenters. The van der Waals surface area contributed by atoms with Gasteiger partial charge in [0.15, 0.2) is 5.16 Å². The largest absolute Gasteiger partial charge is 0.468 e. The topological polar surface area (TPSA) is 72.0 Å². The van der Waals surface area contributed by atoms with E-state index in [-0.39, 0.29) is 23.2 Å². The lowest BCUT2D eigenvalue weighted by molar-refractivity contribution is -0.137. The molecular formula is C20H22N2O3S. The number of aromatic amines is 1. The van der Waals surface area contributed by atoms with Gasteiger partial charge in [0, 0.05) is 11.1 Å². The Hall–Kier alpha value is -2.08. The van der Waals surface area contributed by atoms with Crippen LogP contribution in [0.1, 0.15) is 42.7 Å². The molecule has 2 aromatic rings. The molecule has 0 saturated heterocycles. The maximum absolute atomic E-state index is 13.0. The maximum Gasteiger partial charge on any atom is 0.316 e. The van der Waals surface area contributed by atoms with Gasteiger partial charge in [-0.1, -0.05) is 48.9 Å². The smallest absolute Gasteiger partial charge is 0.316 e. The molecule has 0 amide bonds. The average Bonchev–Trinajstić information content (AvgIpc) is 3.20. The Morgan fingerprint density at radius 1 is 1.31 bits per heavy atom. The van der Waals surface area contributed by atoms with Gasteiger partial charge in [-0.15, -0.1) is 0 Å². The number of H-pyrrole nitrogens is 1. The van der Waals surface area contributed by atoms with Crippen LogP contribution in [0.4, 0.5) is 0 Å². The molecule has 0 aliphatic heterocycles. The lowest BCUT2D eigenvalue weighted by atomic mass is 9.74. The average molecular weight is 370 g/mol. The van der Waals surface area contributed by atoms with Gasteiger partial charge in [0.1, 0.15) is 0 Å². The Kier molecular flexibility index (Phi) is 4.85. The zero-order valence-corrected chi connectivity index (χ0v) is 15.6. The van der Waals surface area contributed by atoms with Gasteiger partial charge in [0.05, 0.1) is 18.6 Å². The first-order valence-electron chi connectivity index (χ1n) is 9.09. The van der Waals surface area contributed by atoms with Crippen molar-refractivity contribution in [3.63, 3.8) is 0 Å². The summed E-state index contributed by atoms with van der Waals surface area (Å²) in [6.07, 6.45) is 5.77. The highest BCUT2D eigenvalue weighted by molar-refractivity contribution is 7.99. The molecule has 1 fully saturated rings. The number of hydrogen-bond donors (Lipinski definition) is 1. The van der Waals surface area contributed by atoms with E-state index in [0.717, 1.165) is 23.2 Å². The summed E-state index contributed by atoms with van der Waals surface area (Å²) in [7, 11) is 1.36. The Balaban J connectivity index is 1.78. The maximum atomic E-state index is 13.0. The van der Waals surface area contributed by atoms with E-state index in [4.69, 9.17) is 4.98 Å². The molecule has 6 heteroatoms. The molecular weight excluding hydrogens is 348 g/mol. The van der Waals surface area contributed by atoms with Crippen molar-refractivity contribution in [1.29, 1.82) is 0 Å². The van der Waals surface area contributed by atoms with Crippen molar-refractivity contribution in [1.82, 2.24) is 9.97 Å². The minimum Gasteiger partial charge on any atom is -0.468 e. The number of hydrogen-bond acceptors (Lipinski definition) is 5. The van der Waals surface area contributed by atoms with E-state index >= 15 is 0 Å². The highest BCUT2D eigenvalue weighted by Crippen LogP contribution is 2.45. The summed E-state index contributed by atoms with van der Waals surface area (Å²) in [5.74, 6) is 0.586. The zero-order valence-electron chi connectivity index (χ0n) is 14.8. The molecule has 4 rings (SSSR count). The van der Waals surface area contributed by atoms with E-state index in [1.165, 1.54) is 50.1 Å². The second kappa shape index (κ2) is 7.27. The molecule has 1 aromatic heterocycles. The third-order valence-electron chi connectivity index (χ3n) is 5.54. The number of thioether (sulfide) groups is 1. The molecule has 136 valence electrons. The number of carbonyl (C=O) groups excluding carboxylic acids is 1. The quantitative estimate of drug-likeness (QED) is 0.506. The highest BCUT2D eigenvalue weighted by atomic mass is 32.2. The fourth-order valence-electron chi connectivity index (χ4n) is 4.30. The first kappa shape index (κ1) is 17.3. The van der Waals surface area contributed by atoms with Gasteiger partial charge < -0.3 is 9.72 Å². The number of methoxy groups -OCH3 is 1. The van der Waals surface area contributed by atoms with Gasteiger partial charge in [0.25, 0.3) is 5.56 Å². The van der Waals surface area contributed by atoms with E-state index in [0.29, 0.717) is 11.1 Å². The number of carbonyl (C=O) groups is 1. The van der Waals surface area contributed by atoms with Crippen LogP contribution in [0.2, 0.25) is 0 Å². The van der Waals surface area contributed by atoms with Crippen LogP contribution in [0, 0.1) is 5.92 Å². The number of aromatic nitrogens is 2. The highest BCUT2D eigenvalue weighted by Gasteiger charge is 2.35. The molecule has 0 bridgehead atoms. The van der Waals surface area contributed by atoms with Crippen LogP contribution in [-0.4, -0.2) is 28.8 Å². The van der Waals surface area contributed by atoms with Crippen LogP contribution >= 0.6 is 11.8 Å². The van der Waals surface area contributed by atoms with Crippen molar-refractivity contribution in [2.75, 3.05) is 12.9 Å². The summed E-state index contributed by atoms with van der Waals surface area (Å²) in [5, 5.41) is 0.473. The van der Waals surface area contributed by atoms with Gasteiger partial charge in [0.2, 0.25) is 0 Å². The molecule has 1 saturated carbocycles. The predicted octanol–water partition coefficient (Wildman–Crippen LogP) is 3.53. The Labute approximate surface area is 156 Å². The van der Waals surface area contributed by atoms with E-state index < -0.39 is 0 Å². The number of fused-ring (bicyclic) bond motifs is 3. The molecule has 0 radical (unpaired) electrons. The third-order valence-corrected chi connectivity index (χ3v) is 6.39. The number of rotatable bonds is 4. The Morgan fingerprint density at radius 2 is 2.08 bits per heavy atom. The third kappa shape index (κ3) is 3.18. The van der Waals surface area contributed by atoms with E-state index in [2.05, 4.69) is 21.9 Å². The Bertz CT molecular complexity index is 887. The van der Waals surface area contributed by atoms with E-state index in [1.807, 2.05) is 12.1 Å². The number of esters is 1. The van der Waals surface area contributed by atoms with Gasteiger partial charge in [-0.2, -0.15) is 0 Å². The molecule has 1 heterocycles. The van der Waals surface area contributed by atoms with Crippen molar-refractivity contribution >= 4 is 17.7 Å². The molecule has 2 aliphatic rings. The zero-order chi connectivity index (χ0) is 18.1. The van der Waals surface area contributed by atoms with Crippen LogP contribution in [-0.2, 0) is 16.0 Å². The van der Waals surface area contributed by atoms with Gasteiger partial charge in [-0.05, 0) is 36.7 Å². The molecule has 0 spiro atoms. The van der Waals surface area contributed by atoms with Gasteiger partial charge in [-0.3, -0.25) is 9.59 Å². The molecule has 1 N–H and O–H groups in total. The molecule has 26 heavy (non-hydrogen) atoms. The monoisotopic (exact) mass is 370 g/mol. The molecule has 2 aliphatic carbocycles. The SMILES string of the molecule is COC(=O)CSc1nc2c(c(=O)[nH]1)C(C1CCCC1)Cc1ccccc1-2. The predicted molar refractivity (Wildman–Crippen MR) is 101 cm³/mol. The van der Waals surface area contributed by atoms with Gasteiger partial charge in [-0.25, -0.2) is 4.98 Å². The second-order valence-electron chi connectivity index (χ2n) is 7.01.